The molecule has 1 fully saturated rings. The maximum Gasteiger partial charge on any atom is 0.0871 e. The molecule has 0 bridgehead atoms. The first kappa shape index (κ1) is 13.9. The summed E-state index contributed by atoms with van der Waals surface area (Å²) in [5.74, 6) is 2.45. The molecule has 0 N–H and O–H groups in total. The molecule has 1 saturated heterocycles. The maximum absolute atomic E-state index is 8.99. The van der Waals surface area contributed by atoms with Gasteiger partial charge in [-0.1, -0.05) is 28.1 Å². The van der Waals surface area contributed by atoms with Gasteiger partial charge >= 0.3 is 0 Å². The van der Waals surface area contributed by atoms with Crippen molar-refractivity contribution in [2.24, 2.45) is 0 Å². The number of hydrogen-bond donors (Lipinski definition) is 0. The Labute approximate surface area is 121 Å². The summed E-state index contributed by atoms with van der Waals surface area (Å²) in [5.41, 5.74) is 1.28. The summed E-state index contributed by atoms with van der Waals surface area (Å²) >= 11 is 5.53. The van der Waals surface area contributed by atoms with E-state index in [9.17, 15) is 0 Å². The lowest BCUT2D eigenvalue weighted by molar-refractivity contribution is 0.199. The van der Waals surface area contributed by atoms with Crippen LogP contribution in [0.2, 0.25) is 0 Å². The van der Waals surface area contributed by atoms with E-state index < -0.39 is 0 Å². The van der Waals surface area contributed by atoms with Crippen LogP contribution in [0.1, 0.15) is 18.4 Å². The van der Waals surface area contributed by atoms with Gasteiger partial charge in [-0.3, -0.25) is 4.90 Å². The van der Waals surface area contributed by atoms with Crippen LogP contribution in [-0.4, -0.2) is 29.0 Å². The highest BCUT2D eigenvalue weighted by atomic mass is 79.9. The maximum atomic E-state index is 8.99. The number of nitriles is 1. The molecule has 0 radical (unpaired) electrons. The molecule has 0 aromatic heterocycles. The van der Waals surface area contributed by atoms with E-state index in [4.69, 9.17) is 5.26 Å². The van der Waals surface area contributed by atoms with Gasteiger partial charge < -0.3 is 0 Å². The van der Waals surface area contributed by atoms with Gasteiger partial charge in [-0.15, -0.1) is 0 Å². The van der Waals surface area contributed by atoms with E-state index in [0.29, 0.717) is 12.6 Å². The van der Waals surface area contributed by atoms with Crippen LogP contribution in [0.4, 0.5) is 0 Å². The molecule has 0 spiro atoms. The number of benzene rings is 1. The third kappa shape index (κ3) is 4.01. The van der Waals surface area contributed by atoms with E-state index in [0.717, 1.165) is 11.0 Å². The Morgan fingerprint density at radius 2 is 2.17 bits per heavy atom. The predicted molar refractivity (Wildman–Crippen MR) is 80.5 cm³/mol. The first-order chi connectivity index (χ1) is 8.79. The van der Waals surface area contributed by atoms with Gasteiger partial charge in [-0.25, -0.2) is 0 Å². The van der Waals surface area contributed by atoms with Crippen molar-refractivity contribution >= 4 is 27.7 Å². The minimum atomic E-state index is 0.530. The molecule has 2 nitrogen and oxygen atoms in total. The van der Waals surface area contributed by atoms with Crippen LogP contribution in [-0.2, 0) is 6.54 Å². The first-order valence-corrected chi connectivity index (χ1v) is 8.17. The summed E-state index contributed by atoms with van der Waals surface area (Å²) in [6.45, 7) is 1.41. The Kier molecular flexibility index (Phi) is 5.55. The van der Waals surface area contributed by atoms with Crippen molar-refractivity contribution in [1.29, 1.82) is 5.26 Å². The molecule has 0 unspecified atom stereocenters. The third-order valence-corrected chi connectivity index (χ3v) is 4.80. The van der Waals surface area contributed by atoms with E-state index in [1.807, 2.05) is 17.8 Å². The van der Waals surface area contributed by atoms with Crippen LogP contribution in [0.15, 0.2) is 28.7 Å². The van der Waals surface area contributed by atoms with Crippen LogP contribution >= 0.6 is 27.7 Å². The van der Waals surface area contributed by atoms with Crippen molar-refractivity contribution in [1.82, 2.24) is 4.90 Å². The molecule has 1 aliphatic rings. The summed E-state index contributed by atoms with van der Waals surface area (Å²) in [4.78, 5) is 2.32. The topological polar surface area (TPSA) is 27.0 Å². The van der Waals surface area contributed by atoms with Crippen molar-refractivity contribution in [3.8, 4) is 6.07 Å². The van der Waals surface area contributed by atoms with Crippen molar-refractivity contribution in [2.45, 2.75) is 25.4 Å². The molecule has 0 amide bonds. The number of hydrogen-bond acceptors (Lipinski definition) is 3. The normalized spacial score (nSPS) is 16.7. The standard InChI is InChI=1S/C14H17BrN2S/c15-13-3-1-2-12(10-13)11-17(7-6-16)14-4-8-18-9-5-14/h1-3,10,14H,4-5,7-9,11H2. The fraction of sp³-hybridized carbons (Fsp3) is 0.500. The summed E-state index contributed by atoms with van der Waals surface area (Å²) in [7, 11) is 0. The van der Waals surface area contributed by atoms with Crippen molar-refractivity contribution in [3.05, 3.63) is 34.3 Å². The van der Waals surface area contributed by atoms with Crippen LogP contribution in [0.3, 0.4) is 0 Å². The van der Waals surface area contributed by atoms with Crippen LogP contribution < -0.4 is 0 Å². The average molecular weight is 325 g/mol. The van der Waals surface area contributed by atoms with Crippen molar-refractivity contribution < 1.29 is 0 Å². The fourth-order valence-electron chi connectivity index (χ4n) is 2.33. The van der Waals surface area contributed by atoms with Gasteiger partial charge in [0.2, 0.25) is 0 Å². The van der Waals surface area contributed by atoms with E-state index in [1.165, 1.54) is 29.9 Å². The fourth-order valence-corrected chi connectivity index (χ4v) is 3.85. The van der Waals surface area contributed by atoms with Crippen molar-refractivity contribution in [2.75, 3.05) is 18.1 Å². The molecule has 4 heteroatoms. The second kappa shape index (κ2) is 7.18. The Morgan fingerprint density at radius 1 is 1.39 bits per heavy atom. The second-order valence-corrected chi connectivity index (χ2v) is 6.68. The Hall–Kier alpha value is -0.500. The summed E-state index contributed by atoms with van der Waals surface area (Å²) in [5, 5.41) is 8.99. The molecule has 1 heterocycles. The molecule has 96 valence electrons. The van der Waals surface area contributed by atoms with Gasteiger partial charge in [-0.05, 0) is 42.0 Å². The number of nitrogens with zero attached hydrogens (tertiary/aromatic N) is 2. The molecule has 1 aliphatic heterocycles. The molecule has 2 rings (SSSR count). The Morgan fingerprint density at radius 3 is 2.83 bits per heavy atom. The van der Waals surface area contributed by atoms with E-state index in [1.54, 1.807) is 0 Å². The largest absolute Gasteiger partial charge is 0.283 e. The van der Waals surface area contributed by atoms with E-state index in [2.05, 4.69) is 45.1 Å². The zero-order chi connectivity index (χ0) is 12.8. The average Bonchev–Trinajstić information content (AvgIpc) is 2.39. The summed E-state index contributed by atoms with van der Waals surface area (Å²) in [6.07, 6.45) is 2.42. The predicted octanol–water partition coefficient (Wildman–Crippen LogP) is 3.67. The Balaban J connectivity index is 2.03. The number of thioether (sulfide) groups is 1. The third-order valence-electron chi connectivity index (χ3n) is 3.26. The minimum absolute atomic E-state index is 0.530. The summed E-state index contributed by atoms with van der Waals surface area (Å²) in [6, 6.07) is 11.2. The van der Waals surface area contributed by atoms with Crippen LogP contribution in [0, 0.1) is 11.3 Å². The SMILES string of the molecule is N#CCN(Cc1cccc(Br)c1)C1CCSCC1. The van der Waals surface area contributed by atoms with Crippen molar-refractivity contribution in [3.63, 3.8) is 0 Å². The zero-order valence-electron chi connectivity index (χ0n) is 10.3. The van der Waals surface area contributed by atoms with E-state index in [-0.39, 0.29) is 0 Å². The first-order valence-electron chi connectivity index (χ1n) is 6.23. The molecule has 1 aromatic carbocycles. The van der Waals surface area contributed by atoms with Gasteiger partial charge in [0.05, 0.1) is 12.6 Å². The molecular weight excluding hydrogens is 308 g/mol. The van der Waals surface area contributed by atoms with Gasteiger partial charge in [0, 0.05) is 17.1 Å². The van der Waals surface area contributed by atoms with Crippen LogP contribution in [0.25, 0.3) is 0 Å². The number of rotatable bonds is 4. The van der Waals surface area contributed by atoms with Crippen LogP contribution in [0.5, 0.6) is 0 Å². The highest BCUT2D eigenvalue weighted by Crippen LogP contribution is 2.23. The van der Waals surface area contributed by atoms with Gasteiger partial charge in [-0.2, -0.15) is 17.0 Å². The smallest absolute Gasteiger partial charge is 0.0871 e. The quantitative estimate of drug-likeness (QED) is 0.791. The molecular formula is C14H17BrN2S. The highest BCUT2D eigenvalue weighted by molar-refractivity contribution is 9.10. The highest BCUT2D eigenvalue weighted by Gasteiger charge is 2.21. The molecule has 1 aromatic rings. The summed E-state index contributed by atoms with van der Waals surface area (Å²) < 4.78 is 1.11. The van der Waals surface area contributed by atoms with Gasteiger partial charge in [0.25, 0.3) is 0 Å². The lowest BCUT2D eigenvalue weighted by Crippen LogP contribution is -2.37. The Bertz CT molecular complexity index is 424. The molecule has 0 aliphatic carbocycles. The molecule has 18 heavy (non-hydrogen) atoms. The molecule has 0 saturated carbocycles. The monoisotopic (exact) mass is 324 g/mol. The zero-order valence-corrected chi connectivity index (χ0v) is 12.7. The minimum Gasteiger partial charge on any atom is -0.283 e. The second-order valence-electron chi connectivity index (χ2n) is 4.54. The van der Waals surface area contributed by atoms with E-state index >= 15 is 0 Å². The number of halogens is 1. The molecule has 0 atom stereocenters. The lowest BCUT2D eigenvalue weighted by atomic mass is 10.1. The van der Waals surface area contributed by atoms with Gasteiger partial charge in [0.1, 0.15) is 0 Å². The van der Waals surface area contributed by atoms with Gasteiger partial charge in [0.15, 0.2) is 0 Å². The lowest BCUT2D eigenvalue weighted by Gasteiger charge is -2.32.